The lowest BCUT2D eigenvalue weighted by atomic mass is 9.86. The highest BCUT2D eigenvalue weighted by molar-refractivity contribution is 7.87. The van der Waals surface area contributed by atoms with Crippen LogP contribution in [-0.2, 0) is 16.8 Å². The summed E-state index contributed by atoms with van der Waals surface area (Å²) in [4.78, 5) is 0. The Bertz CT molecular complexity index is 511. The summed E-state index contributed by atoms with van der Waals surface area (Å²) in [7, 11) is -3.36. The van der Waals surface area contributed by atoms with Crippen LogP contribution < -0.4 is 4.72 Å². The average Bonchev–Trinajstić information content (AvgIpc) is 2.27. The van der Waals surface area contributed by atoms with Gasteiger partial charge in [-0.2, -0.15) is 17.4 Å². The first-order chi connectivity index (χ1) is 8.31. The molecule has 0 bridgehead atoms. The Morgan fingerprint density at radius 3 is 2.56 bits per heavy atom. The molecule has 1 unspecified atom stereocenters. The van der Waals surface area contributed by atoms with Crippen LogP contribution in [0.1, 0.15) is 26.3 Å². The largest absolute Gasteiger partial charge is 0.280 e. The van der Waals surface area contributed by atoms with Crippen LogP contribution in [0.5, 0.6) is 0 Å². The van der Waals surface area contributed by atoms with Crippen molar-refractivity contribution in [2.24, 2.45) is 5.41 Å². The van der Waals surface area contributed by atoms with E-state index in [9.17, 15) is 8.42 Å². The number of hydrogen-bond donors (Lipinski definition) is 1. The molecule has 4 nitrogen and oxygen atoms in total. The molecule has 1 heterocycles. The van der Waals surface area contributed by atoms with Gasteiger partial charge in [0.05, 0.1) is 0 Å². The molecule has 1 atom stereocenters. The Hall–Kier alpha value is -0.910. The van der Waals surface area contributed by atoms with E-state index in [1.165, 1.54) is 4.31 Å². The molecular weight excluding hydrogens is 248 g/mol. The number of nitrogens with one attached hydrogen (secondary N) is 1. The number of nitrogens with zero attached hydrogens (tertiary/aromatic N) is 1. The van der Waals surface area contributed by atoms with Crippen molar-refractivity contribution in [2.75, 3.05) is 6.54 Å². The molecule has 1 aromatic rings. The summed E-state index contributed by atoms with van der Waals surface area (Å²) in [5.74, 6) is 0. The van der Waals surface area contributed by atoms with E-state index < -0.39 is 10.2 Å². The predicted molar refractivity (Wildman–Crippen MR) is 72.2 cm³/mol. The molecule has 0 aliphatic carbocycles. The van der Waals surface area contributed by atoms with E-state index in [4.69, 9.17) is 0 Å². The lowest BCUT2D eigenvalue weighted by molar-refractivity contribution is 0.180. The molecule has 1 aliphatic rings. The topological polar surface area (TPSA) is 49.4 Å². The summed E-state index contributed by atoms with van der Waals surface area (Å²) in [6.45, 7) is 7.04. The van der Waals surface area contributed by atoms with Gasteiger partial charge in [0.25, 0.3) is 10.2 Å². The smallest absolute Gasteiger partial charge is 0.199 e. The maximum atomic E-state index is 12.1. The SMILES string of the molecule is CC1NS(=O)(=O)N(Cc2ccccc2)CC1(C)C. The highest BCUT2D eigenvalue weighted by Gasteiger charge is 2.40. The molecular formula is C13H20N2O2S. The highest BCUT2D eigenvalue weighted by atomic mass is 32.2. The van der Waals surface area contributed by atoms with Gasteiger partial charge in [0.15, 0.2) is 0 Å². The van der Waals surface area contributed by atoms with Crippen LogP contribution in [0.2, 0.25) is 0 Å². The van der Waals surface area contributed by atoms with Gasteiger partial charge in [0.1, 0.15) is 0 Å². The fourth-order valence-electron chi connectivity index (χ4n) is 2.06. The first-order valence-corrected chi connectivity index (χ1v) is 7.57. The van der Waals surface area contributed by atoms with Crippen molar-refractivity contribution in [2.45, 2.75) is 33.4 Å². The molecule has 1 N–H and O–H groups in total. The van der Waals surface area contributed by atoms with Gasteiger partial charge in [-0.3, -0.25) is 0 Å². The summed E-state index contributed by atoms with van der Waals surface area (Å²) in [6.07, 6.45) is 0. The van der Waals surface area contributed by atoms with Gasteiger partial charge in [-0.1, -0.05) is 44.2 Å². The maximum absolute atomic E-state index is 12.1. The standard InChI is InChI=1S/C13H20N2O2S/c1-11-13(2,3)10-15(18(16,17)14-11)9-12-7-5-4-6-8-12/h4-8,11,14H,9-10H2,1-3H3. The second-order valence-electron chi connectivity index (χ2n) is 5.59. The minimum absolute atomic E-state index is 0.0467. The number of rotatable bonds is 2. The molecule has 0 aromatic heterocycles. The first-order valence-electron chi connectivity index (χ1n) is 6.12. The molecule has 0 radical (unpaired) electrons. The molecule has 2 rings (SSSR count). The minimum atomic E-state index is -3.36. The van der Waals surface area contributed by atoms with Gasteiger partial charge in [0.2, 0.25) is 0 Å². The maximum Gasteiger partial charge on any atom is 0.280 e. The quantitative estimate of drug-likeness (QED) is 0.888. The van der Waals surface area contributed by atoms with Crippen LogP contribution in [0, 0.1) is 5.41 Å². The van der Waals surface area contributed by atoms with Gasteiger partial charge < -0.3 is 0 Å². The molecule has 18 heavy (non-hydrogen) atoms. The van der Waals surface area contributed by atoms with Crippen molar-refractivity contribution in [1.82, 2.24) is 9.03 Å². The van der Waals surface area contributed by atoms with Crippen LogP contribution in [-0.4, -0.2) is 25.3 Å². The van der Waals surface area contributed by atoms with E-state index in [0.717, 1.165) is 5.56 Å². The van der Waals surface area contributed by atoms with Gasteiger partial charge in [-0.25, -0.2) is 0 Å². The summed E-state index contributed by atoms with van der Waals surface area (Å²) >= 11 is 0. The number of benzene rings is 1. The highest BCUT2D eigenvalue weighted by Crippen LogP contribution is 2.29. The van der Waals surface area contributed by atoms with Crippen molar-refractivity contribution in [1.29, 1.82) is 0 Å². The molecule has 1 aromatic carbocycles. The van der Waals surface area contributed by atoms with Crippen LogP contribution in [0.3, 0.4) is 0 Å². The van der Waals surface area contributed by atoms with Crippen molar-refractivity contribution in [3.8, 4) is 0 Å². The molecule has 0 spiro atoms. The molecule has 5 heteroatoms. The lowest BCUT2D eigenvalue weighted by Crippen LogP contribution is -2.59. The summed E-state index contributed by atoms with van der Waals surface area (Å²) in [5, 5.41) is 0. The third kappa shape index (κ3) is 2.74. The Kier molecular flexibility index (Phi) is 3.49. The zero-order chi connectivity index (χ0) is 13.4. The molecule has 0 amide bonds. The number of hydrogen-bond acceptors (Lipinski definition) is 2. The predicted octanol–water partition coefficient (Wildman–Crippen LogP) is 1.75. The molecule has 0 saturated carbocycles. The second kappa shape index (κ2) is 4.64. The summed E-state index contributed by atoms with van der Waals surface area (Å²) in [6, 6.07) is 9.62. The second-order valence-corrected chi connectivity index (χ2v) is 7.29. The van der Waals surface area contributed by atoms with Crippen LogP contribution in [0.25, 0.3) is 0 Å². The molecule has 1 fully saturated rings. The van der Waals surface area contributed by atoms with Gasteiger partial charge in [-0.15, -0.1) is 0 Å². The van der Waals surface area contributed by atoms with Gasteiger partial charge in [0, 0.05) is 19.1 Å². The third-order valence-electron chi connectivity index (χ3n) is 3.62. The molecule has 1 saturated heterocycles. The van der Waals surface area contributed by atoms with E-state index in [0.29, 0.717) is 13.1 Å². The zero-order valence-corrected chi connectivity index (χ0v) is 11.9. The monoisotopic (exact) mass is 268 g/mol. The van der Waals surface area contributed by atoms with E-state index in [1.807, 2.05) is 37.3 Å². The molecule has 100 valence electrons. The van der Waals surface area contributed by atoms with E-state index in [-0.39, 0.29) is 11.5 Å². The van der Waals surface area contributed by atoms with Gasteiger partial charge in [-0.05, 0) is 17.9 Å². The van der Waals surface area contributed by atoms with Crippen LogP contribution >= 0.6 is 0 Å². The van der Waals surface area contributed by atoms with Crippen molar-refractivity contribution in [3.63, 3.8) is 0 Å². The van der Waals surface area contributed by atoms with Crippen molar-refractivity contribution < 1.29 is 8.42 Å². The zero-order valence-electron chi connectivity index (χ0n) is 11.1. The fraction of sp³-hybridized carbons (Fsp3) is 0.538. The molecule has 1 aliphatic heterocycles. The Morgan fingerprint density at radius 2 is 1.94 bits per heavy atom. The normalized spacial score (nSPS) is 26.9. The minimum Gasteiger partial charge on any atom is -0.199 e. The third-order valence-corrected chi connectivity index (χ3v) is 5.21. The fourth-order valence-corrected chi connectivity index (χ4v) is 3.80. The van der Waals surface area contributed by atoms with Crippen LogP contribution in [0.15, 0.2) is 30.3 Å². The van der Waals surface area contributed by atoms with Gasteiger partial charge >= 0.3 is 0 Å². The van der Waals surface area contributed by atoms with Crippen LogP contribution in [0.4, 0.5) is 0 Å². The van der Waals surface area contributed by atoms with E-state index in [2.05, 4.69) is 18.6 Å². The van der Waals surface area contributed by atoms with Crippen molar-refractivity contribution >= 4 is 10.2 Å². The Morgan fingerprint density at radius 1 is 1.33 bits per heavy atom. The Labute approximate surface area is 109 Å². The summed E-state index contributed by atoms with van der Waals surface area (Å²) in [5.41, 5.74) is 0.938. The first kappa shape index (κ1) is 13.5. The Balaban J connectivity index is 2.21. The van der Waals surface area contributed by atoms with E-state index in [1.54, 1.807) is 0 Å². The van der Waals surface area contributed by atoms with E-state index >= 15 is 0 Å². The average molecular weight is 268 g/mol. The summed E-state index contributed by atoms with van der Waals surface area (Å²) < 4.78 is 28.4. The lowest BCUT2D eigenvalue weighted by Gasteiger charge is -2.42. The van der Waals surface area contributed by atoms with Crippen molar-refractivity contribution in [3.05, 3.63) is 35.9 Å².